The number of pyridine rings is 1. The summed E-state index contributed by atoms with van der Waals surface area (Å²) in [6.45, 7) is 4.96. The number of carbonyl (C=O) groups excluding carboxylic acids is 1. The molecule has 122 valence electrons. The molecule has 0 N–H and O–H groups in total. The molecule has 2 aromatic heterocycles. The number of aryl methyl sites for hydroxylation is 1. The van der Waals surface area contributed by atoms with Gasteiger partial charge in [0, 0.05) is 51.5 Å². The van der Waals surface area contributed by atoms with Gasteiger partial charge in [-0.3, -0.25) is 14.7 Å². The summed E-state index contributed by atoms with van der Waals surface area (Å²) >= 11 is 0. The molecule has 0 unspecified atom stereocenters. The fourth-order valence-corrected chi connectivity index (χ4v) is 2.78. The summed E-state index contributed by atoms with van der Waals surface area (Å²) in [7, 11) is 0. The highest BCUT2D eigenvalue weighted by molar-refractivity contribution is 5.76. The van der Waals surface area contributed by atoms with Gasteiger partial charge < -0.3 is 4.90 Å². The molecule has 1 fully saturated rings. The quantitative estimate of drug-likeness (QED) is 0.784. The standard InChI is InChI=1S/C15H21N7O/c23-15(4-9-22-13-17-18-19-22)21-8-1-7-20(10-11-21)12-14-2-5-16-6-3-14/h2-3,5-6,13H,1,4,7-12H2. The van der Waals surface area contributed by atoms with Crippen LogP contribution in [-0.2, 0) is 17.9 Å². The number of rotatable bonds is 5. The van der Waals surface area contributed by atoms with Gasteiger partial charge in [0.25, 0.3) is 0 Å². The molecule has 8 nitrogen and oxygen atoms in total. The Morgan fingerprint density at radius 2 is 2.00 bits per heavy atom. The number of carbonyl (C=O) groups is 1. The highest BCUT2D eigenvalue weighted by Crippen LogP contribution is 2.09. The molecule has 0 saturated carbocycles. The highest BCUT2D eigenvalue weighted by atomic mass is 16.2. The second kappa shape index (κ2) is 7.77. The van der Waals surface area contributed by atoms with Crippen molar-refractivity contribution < 1.29 is 4.79 Å². The summed E-state index contributed by atoms with van der Waals surface area (Å²) in [5.41, 5.74) is 1.26. The molecule has 3 rings (SSSR count). The van der Waals surface area contributed by atoms with E-state index in [1.165, 1.54) is 11.9 Å². The third kappa shape index (κ3) is 4.56. The smallest absolute Gasteiger partial charge is 0.224 e. The van der Waals surface area contributed by atoms with E-state index in [1.54, 1.807) is 4.68 Å². The summed E-state index contributed by atoms with van der Waals surface area (Å²) in [5, 5.41) is 10.9. The molecule has 0 spiro atoms. The van der Waals surface area contributed by atoms with E-state index in [0.29, 0.717) is 13.0 Å². The predicted molar refractivity (Wildman–Crippen MR) is 83.1 cm³/mol. The minimum Gasteiger partial charge on any atom is -0.341 e. The van der Waals surface area contributed by atoms with Gasteiger partial charge in [0.05, 0.1) is 6.54 Å². The van der Waals surface area contributed by atoms with E-state index < -0.39 is 0 Å². The van der Waals surface area contributed by atoms with Crippen LogP contribution in [0.25, 0.3) is 0 Å². The molecule has 0 bridgehead atoms. The van der Waals surface area contributed by atoms with E-state index in [2.05, 4.69) is 25.4 Å². The van der Waals surface area contributed by atoms with E-state index in [0.717, 1.165) is 39.1 Å². The average Bonchev–Trinajstić information content (AvgIpc) is 2.99. The minimum absolute atomic E-state index is 0.172. The van der Waals surface area contributed by atoms with Crippen molar-refractivity contribution in [3.8, 4) is 0 Å². The van der Waals surface area contributed by atoms with Crippen molar-refractivity contribution in [2.75, 3.05) is 26.2 Å². The van der Waals surface area contributed by atoms with Crippen LogP contribution in [0.15, 0.2) is 30.9 Å². The highest BCUT2D eigenvalue weighted by Gasteiger charge is 2.19. The summed E-state index contributed by atoms with van der Waals surface area (Å²) in [4.78, 5) is 20.7. The van der Waals surface area contributed by atoms with Crippen molar-refractivity contribution in [2.45, 2.75) is 25.9 Å². The zero-order chi connectivity index (χ0) is 15.9. The van der Waals surface area contributed by atoms with Crippen LogP contribution in [-0.4, -0.2) is 67.1 Å². The third-order valence-electron chi connectivity index (χ3n) is 4.04. The third-order valence-corrected chi connectivity index (χ3v) is 4.04. The van der Waals surface area contributed by atoms with Gasteiger partial charge in [-0.25, -0.2) is 4.68 Å². The van der Waals surface area contributed by atoms with Gasteiger partial charge in [-0.1, -0.05) is 0 Å². The molecule has 0 aromatic carbocycles. The van der Waals surface area contributed by atoms with Crippen molar-refractivity contribution in [3.63, 3.8) is 0 Å². The first kappa shape index (κ1) is 15.5. The monoisotopic (exact) mass is 315 g/mol. The lowest BCUT2D eigenvalue weighted by molar-refractivity contribution is -0.131. The predicted octanol–water partition coefficient (Wildman–Crippen LogP) is 0.193. The number of nitrogens with zero attached hydrogens (tertiary/aromatic N) is 7. The lowest BCUT2D eigenvalue weighted by atomic mass is 10.2. The summed E-state index contributed by atoms with van der Waals surface area (Å²) in [6, 6.07) is 4.08. The lowest BCUT2D eigenvalue weighted by Crippen LogP contribution is -2.35. The van der Waals surface area contributed by atoms with Gasteiger partial charge in [-0.05, 0) is 34.5 Å². The van der Waals surface area contributed by atoms with Crippen molar-refractivity contribution in [3.05, 3.63) is 36.4 Å². The SMILES string of the molecule is O=C(CCn1cnnn1)N1CCCN(Cc2ccncc2)CC1. The van der Waals surface area contributed by atoms with Crippen LogP contribution in [0.3, 0.4) is 0 Å². The zero-order valence-electron chi connectivity index (χ0n) is 13.1. The van der Waals surface area contributed by atoms with E-state index in [1.807, 2.05) is 29.4 Å². The molecule has 0 atom stereocenters. The van der Waals surface area contributed by atoms with E-state index in [4.69, 9.17) is 0 Å². The Labute approximate surface area is 135 Å². The normalized spacial score (nSPS) is 16.3. The molecule has 1 amide bonds. The van der Waals surface area contributed by atoms with Gasteiger partial charge in [0.1, 0.15) is 6.33 Å². The Morgan fingerprint density at radius 3 is 2.78 bits per heavy atom. The van der Waals surface area contributed by atoms with Crippen molar-refractivity contribution in [2.24, 2.45) is 0 Å². The summed E-state index contributed by atoms with van der Waals surface area (Å²) in [5.74, 6) is 0.172. The first-order valence-corrected chi connectivity index (χ1v) is 7.91. The molecule has 2 aromatic rings. The molecule has 0 radical (unpaired) electrons. The van der Waals surface area contributed by atoms with Crippen LogP contribution in [0.5, 0.6) is 0 Å². The van der Waals surface area contributed by atoms with Crippen molar-refractivity contribution in [1.82, 2.24) is 35.0 Å². The number of hydrogen-bond acceptors (Lipinski definition) is 6. The Bertz CT molecular complexity index is 602. The van der Waals surface area contributed by atoms with Gasteiger partial charge in [0.15, 0.2) is 0 Å². The van der Waals surface area contributed by atoms with Crippen LogP contribution in [0.2, 0.25) is 0 Å². The van der Waals surface area contributed by atoms with E-state index in [-0.39, 0.29) is 5.91 Å². The van der Waals surface area contributed by atoms with E-state index in [9.17, 15) is 4.79 Å². The fraction of sp³-hybridized carbons (Fsp3) is 0.533. The second-order valence-corrected chi connectivity index (χ2v) is 5.69. The Kier molecular flexibility index (Phi) is 5.25. The molecule has 1 aliphatic heterocycles. The maximum Gasteiger partial charge on any atom is 0.224 e. The van der Waals surface area contributed by atoms with Crippen LogP contribution < -0.4 is 0 Å². The largest absolute Gasteiger partial charge is 0.341 e. The topological polar surface area (TPSA) is 80.0 Å². The van der Waals surface area contributed by atoms with Gasteiger partial charge in [-0.15, -0.1) is 5.10 Å². The summed E-state index contributed by atoms with van der Waals surface area (Å²) < 4.78 is 1.59. The van der Waals surface area contributed by atoms with Gasteiger partial charge in [-0.2, -0.15) is 0 Å². The Morgan fingerprint density at radius 1 is 1.13 bits per heavy atom. The molecular weight excluding hydrogens is 294 g/mol. The maximum atomic E-state index is 12.3. The lowest BCUT2D eigenvalue weighted by Gasteiger charge is -2.22. The summed E-state index contributed by atoms with van der Waals surface area (Å²) in [6.07, 6.45) is 6.62. The van der Waals surface area contributed by atoms with E-state index >= 15 is 0 Å². The van der Waals surface area contributed by atoms with Gasteiger partial charge >= 0.3 is 0 Å². The Hall–Kier alpha value is -2.35. The fourth-order valence-electron chi connectivity index (χ4n) is 2.78. The molecule has 0 aliphatic carbocycles. The molecule has 23 heavy (non-hydrogen) atoms. The van der Waals surface area contributed by atoms with Crippen molar-refractivity contribution >= 4 is 5.91 Å². The first-order chi connectivity index (χ1) is 11.3. The molecule has 8 heteroatoms. The second-order valence-electron chi connectivity index (χ2n) is 5.69. The van der Waals surface area contributed by atoms with Crippen LogP contribution >= 0.6 is 0 Å². The molecule has 1 aliphatic rings. The number of tetrazole rings is 1. The Balaban J connectivity index is 1.47. The molecule has 1 saturated heterocycles. The average molecular weight is 315 g/mol. The van der Waals surface area contributed by atoms with Crippen molar-refractivity contribution in [1.29, 1.82) is 0 Å². The molecular formula is C15H21N7O. The van der Waals surface area contributed by atoms with Crippen LogP contribution in [0, 0.1) is 0 Å². The number of amides is 1. The van der Waals surface area contributed by atoms with Crippen LogP contribution in [0.4, 0.5) is 0 Å². The number of aromatic nitrogens is 5. The van der Waals surface area contributed by atoms with Crippen LogP contribution in [0.1, 0.15) is 18.4 Å². The number of hydrogen-bond donors (Lipinski definition) is 0. The first-order valence-electron chi connectivity index (χ1n) is 7.91. The van der Waals surface area contributed by atoms with Gasteiger partial charge in [0.2, 0.25) is 5.91 Å². The zero-order valence-corrected chi connectivity index (χ0v) is 13.1. The minimum atomic E-state index is 0.172. The maximum absolute atomic E-state index is 12.3. The molecule has 3 heterocycles.